The predicted octanol–water partition coefficient (Wildman–Crippen LogP) is 0.973. The van der Waals surface area contributed by atoms with E-state index < -0.39 is 5.97 Å². The van der Waals surface area contributed by atoms with E-state index in [9.17, 15) is 4.79 Å². The van der Waals surface area contributed by atoms with Crippen molar-refractivity contribution in [2.24, 2.45) is 5.92 Å². The molecule has 0 amide bonds. The number of carbonyl (C=O) groups is 1. The summed E-state index contributed by atoms with van der Waals surface area (Å²) in [5, 5.41) is 15.5. The Morgan fingerprint density at radius 2 is 2.06 bits per heavy atom. The number of rotatable bonds is 6. The number of aliphatic carboxylic acids is 1. The van der Waals surface area contributed by atoms with Crippen LogP contribution in [0.5, 0.6) is 0 Å². The molecule has 1 aliphatic heterocycles. The van der Waals surface area contributed by atoms with E-state index in [0.717, 1.165) is 25.6 Å². The molecule has 1 aliphatic carbocycles. The summed E-state index contributed by atoms with van der Waals surface area (Å²) < 4.78 is 0. The van der Waals surface area contributed by atoms with Crippen LogP contribution in [-0.2, 0) is 4.79 Å². The fourth-order valence-electron chi connectivity index (χ4n) is 2.87. The maximum atomic E-state index is 10.8. The van der Waals surface area contributed by atoms with Gasteiger partial charge < -0.3 is 15.7 Å². The molecular weight excluding hydrogens is 204 g/mol. The first-order valence-electron chi connectivity index (χ1n) is 6.38. The summed E-state index contributed by atoms with van der Waals surface area (Å²) in [6, 6.07) is 0. The molecule has 0 bridgehead atoms. The van der Waals surface area contributed by atoms with Gasteiger partial charge >= 0.3 is 5.97 Å². The van der Waals surface area contributed by atoms with Gasteiger partial charge in [-0.05, 0) is 18.9 Å². The quantitative estimate of drug-likeness (QED) is 0.631. The standard InChI is InChI=1S/C12H22N2O2/c15-11(16)7-12(8-13-9-12)14-6-5-10-3-1-2-4-10/h10,13-14H,1-9H2,(H,15,16). The van der Waals surface area contributed by atoms with E-state index >= 15 is 0 Å². The van der Waals surface area contributed by atoms with E-state index in [1.54, 1.807) is 0 Å². The van der Waals surface area contributed by atoms with Crippen LogP contribution in [-0.4, -0.2) is 36.2 Å². The van der Waals surface area contributed by atoms with Gasteiger partial charge in [0.05, 0.1) is 12.0 Å². The van der Waals surface area contributed by atoms with Crippen LogP contribution >= 0.6 is 0 Å². The molecular formula is C12H22N2O2. The van der Waals surface area contributed by atoms with Crippen molar-refractivity contribution in [3.8, 4) is 0 Å². The fraction of sp³-hybridized carbons (Fsp3) is 0.917. The molecule has 0 atom stereocenters. The number of carboxylic acids is 1. The van der Waals surface area contributed by atoms with Crippen molar-refractivity contribution < 1.29 is 9.90 Å². The van der Waals surface area contributed by atoms with Crippen LogP contribution in [0.4, 0.5) is 0 Å². The van der Waals surface area contributed by atoms with Crippen LogP contribution < -0.4 is 10.6 Å². The second kappa shape index (κ2) is 5.15. The van der Waals surface area contributed by atoms with Crippen LogP contribution in [0.1, 0.15) is 38.5 Å². The van der Waals surface area contributed by atoms with Crippen LogP contribution in [0.3, 0.4) is 0 Å². The molecule has 0 aromatic rings. The number of hydrogen-bond donors (Lipinski definition) is 3. The minimum Gasteiger partial charge on any atom is -0.481 e. The first-order valence-corrected chi connectivity index (χ1v) is 6.38. The van der Waals surface area contributed by atoms with Gasteiger partial charge in [-0.15, -0.1) is 0 Å². The first kappa shape index (κ1) is 11.9. The summed E-state index contributed by atoms with van der Waals surface area (Å²) in [6.07, 6.45) is 6.95. The lowest BCUT2D eigenvalue weighted by Gasteiger charge is -2.42. The molecule has 92 valence electrons. The topological polar surface area (TPSA) is 61.4 Å². The van der Waals surface area contributed by atoms with Gasteiger partial charge in [0.15, 0.2) is 0 Å². The van der Waals surface area contributed by atoms with E-state index in [1.807, 2.05) is 0 Å². The highest BCUT2D eigenvalue weighted by Gasteiger charge is 2.38. The van der Waals surface area contributed by atoms with Gasteiger partial charge in [0.25, 0.3) is 0 Å². The van der Waals surface area contributed by atoms with E-state index in [4.69, 9.17) is 5.11 Å². The van der Waals surface area contributed by atoms with Crippen molar-refractivity contribution in [1.29, 1.82) is 0 Å². The monoisotopic (exact) mass is 226 g/mol. The van der Waals surface area contributed by atoms with Crippen molar-refractivity contribution in [1.82, 2.24) is 10.6 Å². The zero-order chi connectivity index (χ0) is 11.4. The maximum Gasteiger partial charge on any atom is 0.305 e. The highest BCUT2D eigenvalue weighted by atomic mass is 16.4. The van der Waals surface area contributed by atoms with Crippen LogP contribution in [0.25, 0.3) is 0 Å². The highest BCUT2D eigenvalue weighted by molar-refractivity contribution is 5.68. The van der Waals surface area contributed by atoms with Gasteiger partial charge in [-0.3, -0.25) is 4.79 Å². The Kier molecular flexibility index (Phi) is 3.82. The van der Waals surface area contributed by atoms with Crippen LogP contribution in [0, 0.1) is 5.92 Å². The lowest BCUT2D eigenvalue weighted by Crippen LogP contribution is -2.68. The second-order valence-corrected chi connectivity index (χ2v) is 5.32. The van der Waals surface area contributed by atoms with Gasteiger partial charge in [0, 0.05) is 13.1 Å². The van der Waals surface area contributed by atoms with Gasteiger partial charge in [0.1, 0.15) is 0 Å². The SMILES string of the molecule is O=C(O)CC1(NCCC2CCCC2)CNC1. The molecule has 0 aromatic heterocycles. The summed E-state index contributed by atoms with van der Waals surface area (Å²) in [5.41, 5.74) is -0.162. The Hall–Kier alpha value is -0.610. The van der Waals surface area contributed by atoms with Gasteiger partial charge in [-0.25, -0.2) is 0 Å². The molecule has 4 heteroatoms. The molecule has 3 N–H and O–H groups in total. The number of hydrogen-bond acceptors (Lipinski definition) is 3. The van der Waals surface area contributed by atoms with Crippen molar-refractivity contribution in [3.63, 3.8) is 0 Å². The number of carboxylic acid groups (broad SMARTS) is 1. The Bertz CT molecular complexity index is 245. The van der Waals surface area contributed by atoms with Gasteiger partial charge in [-0.1, -0.05) is 25.7 Å². The van der Waals surface area contributed by atoms with Crippen molar-refractivity contribution >= 4 is 5.97 Å². The van der Waals surface area contributed by atoms with Crippen molar-refractivity contribution in [3.05, 3.63) is 0 Å². The smallest absolute Gasteiger partial charge is 0.305 e. The summed E-state index contributed by atoms with van der Waals surface area (Å²) in [4.78, 5) is 10.8. The van der Waals surface area contributed by atoms with E-state index in [-0.39, 0.29) is 12.0 Å². The molecule has 0 aromatic carbocycles. The van der Waals surface area contributed by atoms with E-state index in [1.165, 1.54) is 32.1 Å². The minimum absolute atomic E-state index is 0.162. The zero-order valence-electron chi connectivity index (χ0n) is 9.80. The van der Waals surface area contributed by atoms with Crippen LogP contribution in [0.15, 0.2) is 0 Å². The first-order chi connectivity index (χ1) is 7.70. The van der Waals surface area contributed by atoms with Gasteiger partial charge in [0.2, 0.25) is 0 Å². The molecule has 1 saturated heterocycles. The van der Waals surface area contributed by atoms with Crippen molar-refractivity contribution in [2.75, 3.05) is 19.6 Å². The molecule has 1 heterocycles. The third-order valence-corrected chi connectivity index (χ3v) is 3.94. The van der Waals surface area contributed by atoms with E-state index in [2.05, 4.69) is 10.6 Å². The van der Waals surface area contributed by atoms with E-state index in [0.29, 0.717) is 0 Å². The molecule has 16 heavy (non-hydrogen) atoms. The summed E-state index contributed by atoms with van der Waals surface area (Å²) in [6.45, 7) is 2.56. The van der Waals surface area contributed by atoms with Crippen molar-refractivity contribution in [2.45, 2.75) is 44.1 Å². The maximum absolute atomic E-state index is 10.8. The lowest BCUT2D eigenvalue weighted by molar-refractivity contribution is -0.139. The Morgan fingerprint density at radius 1 is 1.38 bits per heavy atom. The molecule has 2 rings (SSSR count). The molecule has 2 fully saturated rings. The highest BCUT2D eigenvalue weighted by Crippen LogP contribution is 2.27. The fourth-order valence-corrected chi connectivity index (χ4v) is 2.87. The molecule has 2 aliphatic rings. The third kappa shape index (κ3) is 2.95. The Balaban J connectivity index is 1.68. The Morgan fingerprint density at radius 3 is 2.56 bits per heavy atom. The summed E-state index contributed by atoms with van der Waals surface area (Å²) in [7, 11) is 0. The molecule has 0 radical (unpaired) electrons. The second-order valence-electron chi connectivity index (χ2n) is 5.32. The lowest BCUT2D eigenvalue weighted by atomic mass is 9.88. The molecule has 0 unspecified atom stereocenters. The zero-order valence-corrected chi connectivity index (χ0v) is 9.80. The Labute approximate surface area is 96.8 Å². The van der Waals surface area contributed by atoms with Gasteiger partial charge in [-0.2, -0.15) is 0 Å². The number of nitrogens with one attached hydrogen (secondary N) is 2. The third-order valence-electron chi connectivity index (χ3n) is 3.94. The molecule has 1 saturated carbocycles. The predicted molar refractivity (Wildman–Crippen MR) is 62.4 cm³/mol. The summed E-state index contributed by atoms with van der Waals surface area (Å²) >= 11 is 0. The summed E-state index contributed by atoms with van der Waals surface area (Å²) in [5.74, 6) is 0.178. The average molecular weight is 226 g/mol. The normalized spacial score (nSPS) is 24.2. The molecule has 0 spiro atoms. The molecule has 4 nitrogen and oxygen atoms in total. The van der Waals surface area contributed by atoms with Crippen LogP contribution in [0.2, 0.25) is 0 Å². The average Bonchev–Trinajstić information content (AvgIpc) is 2.66. The largest absolute Gasteiger partial charge is 0.481 e. The minimum atomic E-state index is -0.699.